The maximum Gasteiger partial charge on any atom is 0.346 e. The smallest absolute Gasteiger partial charge is 0.346 e. The Morgan fingerprint density at radius 1 is 0.852 bits per heavy atom. The maximum atomic E-state index is 6.45. The fourth-order valence-corrected chi connectivity index (χ4v) is 3.50. The molecule has 0 amide bonds. The average molecular weight is 396 g/mol. The maximum absolute atomic E-state index is 6.45. The van der Waals surface area contributed by atoms with Crippen LogP contribution in [0.15, 0.2) is 79.0 Å². The Balaban J connectivity index is 1.84. The molecule has 5 heteroatoms. The van der Waals surface area contributed by atoms with Gasteiger partial charge in [0, 0.05) is 10.4 Å². The molecule has 4 aromatic rings. The van der Waals surface area contributed by atoms with Gasteiger partial charge in [0.25, 0.3) is 0 Å². The number of halogens is 2. The van der Waals surface area contributed by atoms with E-state index >= 15 is 0 Å². The Bertz CT molecular complexity index is 1110. The summed E-state index contributed by atoms with van der Waals surface area (Å²) in [6, 6.07) is 23.6. The van der Waals surface area contributed by atoms with Crippen molar-refractivity contribution in [2.45, 2.75) is 6.61 Å². The van der Waals surface area contributed by atoms with Gasteiger partial charge >= 0.3 is 5.15 Å². The van der Waals surface area contributed by atoms with E-state index in [4.69, 9.17) is 33.8 Å². The van der Waals surface area contributed by atoms with Crippen molar-refractivity contribution in [2.24, 2.45) is 0 Å². The third kappa shape index (κ3) is 3.57. The second kappa shape index (κ2) is 7.47. The number of fused-ring (bicyclic) bond motifs is 1. The van der Waals surface area contributed by atoms with Crippen molar-refractivity contribution in [3.63, 3.8) is 0 Å². The summed E-state index contributed by atoms with van der Waals surface area (Å²) in [4.78, 5) is 0. The number of hydrogen-bond acceptors (Lipinski definition) is 2. The van der Waals surface area contributed by atoms with E-state index in [1.54, 1.807) is 0 Å². The minimum atomic E-state index is 0.349. The molecule has 0 bridgehead atoms. The predicted molar refractivity (Wildman–Crippen MR) is 111 cm³/mol. The van der Waals surface area contributed by atoms with Crippen molar-refractivity contribution in [1.29, 1.82) is 0 Å². The molecule has 0 spiro atoms. The first-order valence-corrected chi connectivity index (χ1v) is 9.23. The largest absolute Gasteiger partial charge is 0.481 e. The van der Waals surface area contributed by atoms with Crippen molar-refractivity contribution < 1.29 is 9.41 Å². The quantitative estimate of drug-likeness (QED) is 0.285. The molecule has 0 unspecified atom stereocenters. The van der Waals surface area contributed by atoms with Crippen molar-refractivity contribution in [1.82, 2.24) is 0 Å². The van der Waals surface area contributed by atoms with Gasteiger partial charge in [-0.05, 0) is 40.4 Å². The molecule has 2 N–H and O–H groups in total. The molecule has 0 fully saturated rings. The van der Waals surface area contributed by atoms with Crippen LogP contribution in [0.3, 0.4) is 0 Å². The topological polar surface area (TPSA) is 39.1 Å². The van der Waals surface area contributed by atoms with Crippen molar-refractivity contribution >= 4 is 34.0 Å². The normalized spacial score (nSPS) is 10.9. The van der Waals surface area contributed by atoms with Crippen LogP contribution in [0.2, 0.25) is 10.2 Å². The van der Waals surface area contributed by atoms with Gasteiger partial charge < -0.3 is 4.74 Å². The van der Waals surface area contributed by atoms with Crippen LogP contribution >= 0.6 is 23.2 Å². The van der Waals surface area contributed by atoms with Crippen molar-refractivity contribution in [3.05, 3.63) is 94.7 Å². The number of ether oxygens (including phenoxy) is 1. The molecule has 4 rings (SSSR count). The number of nitrogens with two attached hydrogens (primary N) is 1. The number of nitrogens with zero attached hydrogens (tertiary/aromatic N) is 1. The first-order valence-electron chi connectivity index (χ1n) is 8.48. The van der Waals surface area contributed by atoms with Gasteiger partial charge in [0.05, 0.1) is 5.39 Å². The summed E-state index contributed by atoms with van der Waals surface area (Å²) in [6.45, 7) is 0.404. The van der Waals surface area contributed by atoms with Gasteiger partial charge in [-0.25, -0.2) is 5.84 Å². The predicted octanol–water partition coefficient (Wildman–Crippen LogP) is 5.39. The SMILES string of the molecule is N[n+]1cc2c(-c3cccc(Cl)c3)cccc2c(OCc2ccccc2)c1Cl. The molecule has 3 aromatic carbocycles. The molecule has 27 heavy (non-hydrogen) atoms. The zero-order valence-electron chi connectivity index (χ0n) is 14.4. The van der Waals surface area contributed by atoms with Gasteiger partial charge in [0.1, 0.15) is 6.61 Å². The van der Waals surface area contributed by atoms with Crippen LogP contribution in [-0.2, 0) is 6.61 Å². The van der Waals surface area contributed by atoms with Crippen LogP contribution in [0.1, 0.15) is 5.56 Å². The first-order chi connectivity index (χ1) is 13.1. The lowest BCUT2D eigenvalue weighted by atomic mass is 9.99. The molecule has 1 aromatic heterocycles. The number of hydrogen-bond donors (Lipinski definition) is 1. The molecule has 1 heterocycles. The third-order valence-corrected chi connectivity index (χ3v) is 5.00. The molecule has 3 nitrogen and oxygen atoms in total. The van der Waals surface area contributed by atoms with Crippen LogP contribution < -0.4 is 15.3 Å². The highest BCUT2D eigenvalue weighted by Crippen LogP contribution is 2.36. The van der Waals surface area contributed by atoms with Gasteiger partial charge in [-0.1, -0.05) is 76.9 Å². The average Bonchev–Trinajstić information content (AvgIpc) is 2.69. The zero-order valence-corrected chi connectivity index (χ0v) is 15.9. The number of pyridine rings is 1. The summed E-state index contributed by atoms with van der Waals surface area (Å²) in [5, 5.41) is 2.87. The van der Waals surface area contributed by atoms with Gasteiger partial charge in [0.2, 0.25) is 11.9 Å². The van der Waals surface area contributed by atoms with Crippen LogP contribution in [0.25, 0.3) is 21.9 Å². The third-order valence-electron chi connectivity index (χ3n) is 4.39. The lowest BCUT2D eigenvalue weighted by Gasteiger charge is -2.12. The number of nitrogen functional groups attached to an aromatic ring is 1. The molecule has 0 saturated carbocycles. The fourth-order valence-electron chi connectivity index (χ4n) is 3.10. The molecule has 0 aliphatic rings. The zero-order chi connectivity index (χ0) is 18.8. The Hall–Kier alpha value is -2.75. The molecular weight excluding hydrogens is 379 g/mol. The molecular formula is C22H17Cl2N2O+. The summed E-state index contributed by atoms with van der Waals surface area (Å²) in [6.07, 6.45) is 1.81. The molecule has 134 valence electrons. The van der Waals surface area contributed by atoms with E-state index < -0.39 is 0 Å². The summed E-state index contributed by atoms with van der Waals surface area (Å²) >= 11 is 12.6. The number of aromatic nitrogens is 1. The molecule has 0 aliphatic carbocycles. The lowest BCUT2D eigenvalue weighted by molar-refractivity contribution is -0.635. The van der Waals surface area contributed by atoms with Crippen LogP contribution in [-0.4, -0.2) is 0 Å². The van der Waals surface area contributed by atoms with Crippen molar-refractivity contribution in [3.8, 4) is 16.9 Å². The van der Waals surface area contributed by atoms with E-state index in [1.807, 2.05) is 79.0 Å². The second-order valence-corrected chi connectivity index (χ2v) is 7.00. The highest BCUT2D eigenvalue weighted by Gasteiger charge is 2.21. The van der Waals surface area contributed by atoms with E-state index in [0.29, 0.717) is 22.5 Å². The number of benzene rings is 3. The van der Waals surface area contributed by atoms with E-state index in [1.165, 1.54) is 4.68 Å². The Morgan fingerprint density at radius 3 is 2.41 bits per heavy atom. The Morgan fingerprint density at radius 2 is 1.63 bits per heavy atom. The first kappa shape index (κ1) is 17.7. The fraction of sp³-hybridized carbons (Fsp3) is 0.0455. The lowest BCUT2D eigenvalue weighted by Crippen LogP contribution is -2.45. The summed E-state index contributed by atoms with van der Waals surface area (Å²) in [5.74, 6) is 6.67. The standard InChI is InChI=1S/C22H17Cl2N2O/c23-17-9-4-8-16(12-17)18-10-5-11-19-20(18)13-26(25)22(24)21(19)27-14-15-6-2-1-3-7-15/h1-13H,14,25H2/q+1. The Kier molecular flexibility index (Phi) is 4.88. The minimum Gasteiger partial charge on any atom is -0.481 e. The van der Waals surface area contributed by atoms with Crippen molar-refractivity contribution in [2.75, 3.05) is 5.84 Å². The van der Waals surface area contributed by atoms with Gasteiger partial charge in [0.15, 0.2) is 0 Å². The summed E-state index contributed by atoms with van der Waals surface area (Å²) in [7, 11) is 0. The summed E-state index contributed by atoms with van der Waals surface area (Å²) in [5.41, 5.74) is 3.07. The van der Waals surface area contributed by atoms with E-state index in [2.05, 4.69) is 0 Å². The van der Waals surface area contributed by atoms with Crippen LogP contribution in [0.5, 0.6) is 5.75 Å². The van der Waals surface area contributed by atoms with Crippen LogP contribution in [0, 0.1) is 0 Å². The molecule has 0 radical (unpaired) electrons. The Labute approximate surface area is 167 Å². The highest BCUT2D eigenvalue weighted by atomic mass is 35.5. The summed E-state index contributed by atoms with van der Waals surface area (Å²) < 4.78 is 7.46. The highest BCUT2D eigenvalue weighted by molar-refractivity contribution is 6.31. The minimum absolute atomic E-state index is 0.349. The molecule has 0 atom stereocenters. The number of rotatable bonds is 4. The monoisotopic (exact) mass is 395 g/mol. The van der Waals surface area contributed by atoms with Gasteiger partial charge in [-0.2, -0.15) is 0 Å². The van der Waals surface area contributed by atoms with E-state index in [9.17, 15) is 0 Å². The van der Waals surface area contributed by atoms with Crippen LogP contribution in [0.4, 0.5) is 0 Å². The van der Waals surface area contributed by atoms with Gasteiger partial charge in [-0.3, -0.25) is 0 Å². The molecule has 0 saturated heterocycles. The van der Waals surface area contributed by atoms with E-state index in [-0.39, 0.29) is 0 Å². The van der Waals surface area contributed by atoms with Gasteiger partial charge in [-0.15, -0.1) is 0 Å². The van der Waals surface area contributed by atoms with E-state index in [0.717, 1.165) is 27.5 Å². The molecule has 0 aliphatic heterocycles. The second-order valence-electron chi connectivity index (χ2n) is 6.21.